The summed E-state index contributed by atoms with van der Waals surface area (Å²) < 4.78 is 24.0. The van der Waals surface area contributed by atoms with E-state index >= 15 is 0 Å². The van der Waals surface area contributed by atoms with Crippen LogP contribution in [0.5, 0.6) is 0 Å². The lowest BCUT2D eigenvalue weighted by Gasteiger charge is -2.16. The molecule has 0 bridgehead atoms. The predicted molar refractivity (Wildman–Crippen MR) is 102 cm³/mol. The highest BCUT2D eigenvalue weighted by atomic mass is 35.5. The van der Waals surface area contributed by atoms with Crippen LogP contribution in [0.2, 0.25) is 4.34 Å². The van der Waals surface area contributed by atoms with Crippen LogP contribution in [-0.2, 0) is 9.84 Å². The van der Waals surface area contributed by atoms with Gasteiger partial charge in [0.2, 0.25) is 0 Å². The van der Waals surface area contributed by atoms with Gasteiger partial charge in [-0.3, -0.25) is 0 Å². The lowest BCUT2D eigenvalue weighted by Crippen LogP contribution is -2.02. The van der Waals surface area contributed by atoms with E-state index in [2.05, 4.69) is 13.0 Å². The van der Waals surface area contributed by atoms with Crippen molar-refractivity contribution >= 4 is 32.8 Å². The van der Waals surface area contributed by atoms with Crippen molar-refractivity contribution in [3.05, 3.63) is 51.2 Å². The maximum atomic E-state index is 11.6. The van der Waals surface area contributed by atoms with Crippen molar-refractivity contribution in [3.63, 3.8) is 0 Å². The van der Waals surface area contributed by atoms with Crippen LogP contribution in [0.15, 0.2) is 41.3 Å². The fraction of sp³-hybridized carbons (Fsp3) is 0.474. The SMILES string of the molecule is C[C@@H](CC1CC[C@@H](c2ccc(S(C)(=O)=O)cc2)C1)c1ccc(Cl)s1. The minimum Gasteiger partial charge on any atom is -0.224 e. The Bertz CT molecular complexity index is 793. The molecule has 3 rings (SSSR count). The Balaban J connectivity index is 1.61. The van der Waals surface area contributed by atoms with Crippen LogP contribution in [-0.4, -0.2) is 14.7 Å². The molecule has 2 aromatic rings. The van der Waals surface area contributed by atoms with Gasteiger partial charge < -0.3 is 0 Å². The lowest BCUT2D eigenvalue weighted by atomic mass is 9.91. The molecule has 1 aromatic heterocycles. The summed E-state index contributed by atoms with van der Waals surface area (Å²) in [5, 5.41) is 0. The normalized spacial score (nSPS) is 22.6. The van der Waals surface area contributed by atoms with E-state index in [1.165, 1.54) is 42.4 Å². The summed E-state index contributed by atoms with van der Waals surface area (Å²) in [6.45, 7) is 2.29. The molecule has 0 radical (unpaired) electrons. The van der Waals surface area contributed by atoms with Crippen molar-refractivity contribution in [2.45, 2.75) is 49.3 Å². The summed E-state index contributed by atoms with van der Waals surface area (Å²) in [5.41, 5.74) is 1.27. The maximum Gasteiger partial charge on any atom is 0.175 e. The Kier molecular flexibility index (Phi) is 5.38. The van der Waals surface area contributed by atoms with Gasteiger partial charge in [0.15, 0.2) is 9.84 Å². The van der Waals surface area contributed by atoms with Gasteiger partial charge >= 0.3 is 0 Å². The van der Waals surface area contributed by atoms with Gasteiger partial charge in [-0.25, -0.2) is 8.42 Å². The van der Waals surface area contributed by atoms with Gasteiger partial charge in [0.25, 0.3) is 0 Å². The van der Waals surface area contributed by atoms with Crippen molar-refractivity contribution in [1.82, 2.24) is 0 Å². The maximum absolute atomic E-state index is 11.6. The minimum atomic E-state index is -3.11. The molecule has 0 saturated heterocycles. The summed E-state index contributed by atoms with van der Waals surface area (Å²) in [4.78, 5) is 1.78. The number of sulfone groups is 1. The van der Waals surface area contributed by atoms with Crippen molar-refractivity contribution in [2.75, 3.05) is 6.26 Å². The second-order valence-electron chi connectivity index (χ2n) is 7.00. The molecule has 1 aliphatic rings. The third-order valence-electron chi connectivity index (χ3n) is 5.09. The van der Waals surface area contributed by atoms with E-state index in [0.717, 1.165) is 10.3 Å². The van der Waals surface area contributed by atoms with Crippen molar-refractivity contribution in [2.24, 2.45) is 5.92 Å². The van der Waals surface area contributed by atoms with Gasteiger partial charge in [-0.2, -0.15) is 0 Å². The van der Waals surface area contributed by atoms with E-state index in [9.17, 15) is 8.42 Å². The van der Waals surface area contributed by atoms with Crippen molar-refractivity contribution in [1.29, 1.82) is 0 Å². The van der Waals surface area contributed by atoms with Crippen LogP contribution in [0.25, 0.3) is 0 Å². The van der Waals surface area contributed by atoms with Crippen molar-refractivity contribution in [3.8, 4) is 0 Å². The highest BCUT2D eigenvalue weighted by Gasteiger charge is 2.27. The van der Waals surface area contributed by atoms with Crippen LogP contribution in [0.1, 0.15) is 54.9 Å². The zero-order valence-electron chi connectivity index (χ0n) is 14.0. The molecule has 2 nitrogen and oxygen atoms in total. The van der Waals surface area contributed by atoms with E-state index in [4.69, 9.17) is 11.6 Å². The van der Waals surface area contributed by atoms with E-state index in [-0.39, 0.29) is 0 Å². The van der Waals surface area contributed by atoms with Crippen LogP contribution < -0.4 is 0 Å². The first-order chi connectivity index (χ1) is 11.3. The predicted octanol–water partition coefficient (Wildman–Crippen LogP) is 5.88. The molecule has 1 unspecified atom stereocenters. The zero-order chi connectivity index (χ0) is 17.3. The molecule has 130 valence electrons. The molecule has 1 fully saturated rings. The quantitative estimate of drug-likeness (QED) is 0.646. The average molecular weight is 383 g/mol. The Morgan fingerprint density at radius 3 is 2.46 bits per heavy atom. The lowest BCUT2D eigenvalue weighted by molar-refractivity contribution is 0.457. The molecule has 1 aliphatic carbocycles. The first-order valence-electron chi connectivity index (χ1n) is 8.38. The largest absolute Gasteiger partial charge is 0.224 e. The molecule has 24 heavy (non-hydrogen) atoms. The molecule has 0 amide bonds. The fourth-order valence-corrected chi connectivity index (χ4v) is 5.54. The average Bonchev–Trinajstić information content (AvgIpc) is 3.16. The molecule has 1 heterocycles. The number of benzene rings is 1. The fourth-order valence-electron chi connectivity index (χ4n) is 3.79. The highest BCUT2D eigenvalue weighted by Crippen LogP contribution is 2.43. The Morgan fingerprint density at radius 1 is 1.17 bits per heavy atom. The third kappa shape index (κ3) is 4.22. The summed E-state index contributed by atoms with van der Waals surface area (Å²) in [6, 6.07) is 11.6. The van der Waals surface area contributed by atoms with Crippen LogP contribution in [0.4, 0.5) is 0 Å². The van der Waals surface area contributed by atoms with Gasteiger partial charge in [-0.1, -0.05) is 30.7 Å². The van der Waals surface area contributed by atoms with Crippen LogP contribution in [0, 0.1) is 5.92 Å². The molecule has 0 spiro atoms. The molecule has 3 atom stereocenters. The minimum absolute atomic E-state index is 0.406. The Labute approximate surface area is 153 Å². The van der Waals surface area contributed by atoms with Gasteiger partial charge in [0.05, 0.1) is 9.23 Å². The Morgan fingerprint density at radius 2 is 1.88 bits per heavy atom. The van der Waals surface area contributed by atoms with Gasteiger partial charge in [-0.15, -0.1) is 11.3 Å². The first kappa shape index (κ1) is 18.0. The number of rotatable bonds is 5. The second kappa shape index (κ2) is 7.19. The van der Waals surface area contributed by atoms with E-state index in [0.29, 0.717) is 16.7 Å². The van der Waals surface area contributed by atoms with Gasteiger partial charge in [0, 0.05) is 11.1 Å². The zero-order valence-corrected chi connectivity index (χ0v) is 16.4. The third-order valence-corrected chi connectivity index (χ3v) is 7.68. The number of hydrogen-bond acceptors (Lipinski definition) is 3. The van der Waals surface area contributed by atoms with Gasteiger partial charge in [0.1, 0.15) is 0 Å². The summed E-state index contributed by atoms with van der Waals surface area (Å²) >= 11 is 7.73. The molecule has 0 aliphatic heterocycles. The van der Waals surface area contributed by atoms with E-state index in [1.807, 2.05) is 18.2 Å². The highest BCUT2D eigenvalue weighted by molar-refractivity contribution is 7.90. The standard InChI is InChI=1S/C19H23ClO2S2/c1-13(18-9-10-19(20)23-18)11-14-3-4-16(12-14)15-5-7-17(8-6-15)24(2,21)22/h5-10,13-14,16H,3-4,11-12H2,1-2H3/t13-,14?,16+/m0/s1. The number of halogens is 1. The molecular weight excluding hydrogens is 360 g/mol. The van der Waals surface area contributed by atoms with Gasteiger partial charge in [-0.05, 0) is 73.3 Å². The molecule has 1 aromatic carbocycles. The van der Waals surface area contributed by atoms with Crippen molar-refractivity contribution < 1.29 is 8.42 Å². The molecule has 5 heteroatoms. The first-order valence-corrected chi connectivity index (χ1v) is 11.5. The molecular formula is C19H23ClO2S2. The second-order valence-corrected chi connectivity index (χ2v) is 10.8. The van der Waals surface area contributed by atoms with E-state index in [1.54, 1.807) is 23.5 Å². The summed E-state index contributed by atoms with van der Waals surface area (Å²) in [5.74, 6) is 1.85. The number of hydrogen-bond donors (Lipinski definition) is 0. The molecule has 0 N–H and O–H groups in total. The molecule has 1 saturated carbocycles. The van der Waals surface area contributed by atoms with Crippen LogP contribution in [0.3, 0.4) is 0 Å². The van der Waals surface area contributed by atoms with Crippen LogP contribution >= 0.6 is 22.9 Å². The monoisotopic (exact) mass is 382 g/mol. The summed E-state index contributed by atoms with van der Waals surface area (Å²) in [7, 11) is -3.11. The smallest absolute Gasteiger partial charge is 0.175 e. The topological polar surface area (TPSA) is 34.1 Å². The number of thiophene rings is 1. The van der Waals surface area contributed by atoms with E-state index < -0.39 is 9.84 Å². The summed E-state index contributed by atoms with van der Waals surface area (Å²) in [6.07, 6.45) is 6.10. The Hall–Kier alpha value is -0.840.